The van der Waals surface area contributed by atoms with Crippen LogP contribution in [0.15, 0.2) is 59.5 Å². The van der Waals surface area contributed by atoms with Crippen molar-refractivity contribution in [3.8, 4) is 0 Å². The van der Waals surface area contributed by atoms with Crippen molar-refractivity contribution in [3.05, 3.63) is 69.9 Å². The molecule has 0 aliphatic heterocycles. The molecule has 1 amide bonds. The molecule has 1 heterocycles. The molecule has 0 saturated heterocycles. The number of hydrogen-bond donors (Lipinski definition) is 2. The number of nitrogens with one attached hydrogen (secondary N) is 1. The van der Waals surface area contributed by atoms with Gasteiger partial charge in [-0.25, -0.2) is 0 Å². The third-order valence-corrected chi connectivity index (χ3v) is 5.66. The minimum Gasteiger partial charge on any atom is -0.351 e. The number of rotatable bonds is 8. The molecule has 1 aliphatic rings. The molecule has 1 aromatic heterocycles. The highest BCUT2D eigenvalue weighted by Gasteiger charge is 2.19. The van der Waals surface area contributed by atoms with Crippen LogP contribution in [0.2, 0.25) is 0 Å². The summed E-state index contributed by atoms with van der Waals surface area (Å²) in [7, 11) is 0. The number of quaternary nitrogens is 1. The van der Waals surface area contributed by atoms with Crippen molar-refractivity contribution in [2.75, 3.05) is 13.1 Å². The summed E-state index contributed by atoms with van der Waals surface area (Å²) in [6.45, 7) is 1.21. The van der Waals surface area contributed by atoms with Crippen LogP contribution in [0.4, 0.5) is 0 Å². The monoisotopic (exact) mass is 355 g/mol. The molecule has 1 atom stereocenters. The van der Waals surface area contributed by atoms with E-state index in [9.17, 15) is 4.79 Å². The zero-order chi connectivity index (χ0) is 17.3. The number of thiophene rings is 1. The van der Waals surface area contributed by atoms with Gasteiger partial charge in [-0.3, -0.25) is 4.79 Å². The van der Waals surface area contributed by atoms with Crippen LogP contribution in [-0.2, 0) is 4.79 Å². The Kier molecular flexibility index (Phi) is 6.83. The predicted molar refractivity (Wildman–Crippen MR) is 104 cm³/mol. The topological polar surface area (TPSA) is 45.7 Å². The number of carbonyl (C=O) groups is 1. The minimum absolute atomic E-state index is 0.119. The SMILES string of the molecule is O=C(C[NH2+][C@@H](c1ccccc1)c1cccs1)NCCC1=CCCCC1. The van der Waals surface area contributed by atoms with Crippen LogP contribution in [-0.4, -0.2) is 19.0 Å². The quantitative estimate of drug-likeness (QED) is 0.701. The van der Waals surface area contributed by atoms with Gasteiger partial charge in [0.1, 0.15) is 6.04 Å². The van der Waals surface area contributed by atoms with Crippen molar-refractivity contribution in [3.63, 3.8) is 0 Å². The standard InChI is InChI=1S/C21H26N2OS/c24-20(22-14-13-17-8-3-1-4-9-17)16-23-21(19-12-7-15-25-19)18-10-5-2-6-11-18/h2,5-8,10-12,15,21,23H,1,3-4,9,13-14,16H2,(H,22,24)/p+1/t21-/m0/s1. The number of benzene rings is 1. The summed E-state index contributed by atoms with van der Waals surface area (Å²) in [5.41, 5.74) is 2.75. The molecular weight excluding hydrogens is 328 g/mol. The van der Waals surface area contributed by atoms with Crippen LogP contribution < -0.4 is 10.6 Å². The molecular formula is C21H27N2OS+. The second-order valence-electron chi connectivity index (χ2n) is 6.55. The van der Waals surface area contributed by atoms with Gasteiger partial charge >= 0.3 is 0 Å². The Morgan fingerprint density at radius 2 is 2.04 bits per heavy atom. The molecule has 132 valence electrons. The summed E-state index contributed by atoms with van der Waals surface area (Å²) in [6, 6.07) is 14.8. The normalized spacial score (nSPS) is 15.4. The number of hydrogen-bond acceptors (Lipinski definition) is 2. The number of allylic oxidation sites excluding steroid dienone is 1. The molecule has 0 unspecified atom stereocenters. The molecule has 1 aliphatic carbocycles. The summed E-state index contributed by atoms with van der Waals surface area (Å²) in [4.78, 5) is 13.5. The second-order valence-corrected chi connectivity index (χ2v) is 7.53. The lowest BCUT2D eigenvalue weighted by Crippen LogP contribution is -2.87. The van der Waals surface area contributed by atoms with Gasteiger partial charge in [-0.2, -0.15) is 0 Å². The molecule has 0 radical (unpaired) electrons. The lowest BCUT2D eigenvalue weighted by molar-refractivity contribution is -0.676. The maximum absolute atomic E-state index is 12.2. The average Bonchev–Trinajstić information content (AvgIpc) is 3.18. The predicted octanol–water partition coefficient (Wildman–Crippen LogP) is 3.41. The first-order chi connectivity index (χ1) is 12.3. The van der Waals surface area contributed by atoms with E-state index in [1.54, 1.807) is 11.3 Å². The van der Waals surface area contributed by atoms with Crippen molar-refractivity contribution < 1.29 is 10.1 Å². The third-order valence-electron chi connectivity index (χ3n) is 4.70. The Morgan fingerprint density at radius 1 is 1.16 bits per heavy atom. The van der Waals surface area contributed by atoms with Crippen molar-refractivity contribution in [1.82, 2.24) is 5.32 Å². The summed E-state index contributed by atoms with van der Waals surface area (Å²) < 4.78 is 0. The Hall–Kier alpha value is -1.91. The van der Waals surface area contributed by atoms with E-state index in [0.717, 1.165) is 13.0 Å². The first-order valence-corrected chi connectivity index (χ1v) is 10.1. The Labute approximate surface area is 154 Å². The molecule has 3 N–H and O–H groups in total. The fourth-order valence-electron chi connectivity index (χ4n) is 3.34. The van der Waals surface area contributed by atoms with Crippen LogP contribution in [0.5, 0.6) is 0 Å². The molecule has 0 saturated carbocycles. The van der Waals surface area contributed by atoms with Crippen LogP contribution in [0.1, 0.15) is 48.6 Å². The molecule has 0 spiro atoms. The first-order valence-electron chi connectivity index (χ1n) is 9.19. The van der Waals surface area contributed by atoms with Crippen molar-refractivity contribution in [1.29, 1.82) is 0 Å². The van der Waals surface area contributed by atoms with Gasteiger partial charge in [0.25, 0.3) is 5.91 Å². The van der Waals surface area contributed by atoms with Gasteiger partial charge in [0.15, 0.2) is 6.54 Å². The van der Waals surface area contributed by atoms with Gasteiger partial charge < -0.3 is 10.6 Å². The van der Waals surface area contributed by atoms with Gasteiger partial charge in [0.2, 0.25) is 0 Å². The number of amides is 1. The molecule has 0 fully saturated rings. The van der Waals surface area contributed by atoms with Gasteiger partial charge in [-0.05, 0) is 43.6 Å². The zero-order valence-electron chi connectivity index (χ0n) is 14.6. The molecule has 2 aromatic rings. The van der Waals surface area contributed by atoms with Crippen LogP contribution in [0, 0.1) is 0 Å². The Balaban J connectivity index is 1.49. The van der Waals surface area contributed by atoms with Crippen molar-refractivity contribution in [2.24, 2.45) is 0 Å². The third kappa shape index (κ3) is 5.55. The van der Waals surface area contributed by atoms with E-state index >= 15 is 0 Å². The number of carbonyl (C=O) groups excluding carboxylic acids is 1. The smallest absolute Gasteiger partial charge is 0.275 e. The summed E-state index contributed by atoms with van der Waals surface area (Å²) in [5.74, 6) is 0.119. The van der Waals surface area contributed by atoms with E-state index < -0.39 is 0 Å². The highest BCUT2D eigenvalue weighted by Crippen LogP contribution is 2.22. The summed E-state index contributed by atoms with van der Waals surface area (Å²) >= 11 is 1.74. The maximum atomic E-state index is 12.2. The first kappa shape index (κ1) is 17.9. The molecule has 25 heavy (non-hydrogen) atoms. The zero-order valence-corrected chi connectivity index (χ0v) is 15.4. The van der Waals surface area contributed by atoms with E-state index in [0.29, 0.717) is 6.54 Å². The van der Waals surface area contributed by atoms with Crippen LogP contribution in [0.25, 0.3) is 0 Å². The highest BCUT2D eigenvalue weighted by atomic mass is 32.1. The maximum Gasteiger partial charge on any atom is 0.275 e. The molecule has 3 nitrogen and oxygen atoms in total. The molecule has 1 aromatic carbocycles. The fraction of sp³-hybridized carbons (Fsp3) is 0.381. The lowest BCUT2D eigenvalue weighted by Gasteiger charge is -2.15. The Morgan fingerprint density at radius 3 is 2.76 bits per heavy atom. The summed E-state index contributed by atoms with van der Waals surface area (Å²) in [5, 5.41) is 7.30. The van der Waals surface area contributed by atoms with Crippen molar-refractivity contribution >= 4 is 17.2 Å². The highest BCUT2D eigenvalue weighted by molar-refractivity contribution is 7.10. The molecule has 0 bridgehead atoms. The van der Waals surface area contributed by atoms with Crippen LogP contribution >= 0.6 is 11.3 Å². The average molecular weight is 356 g/mol. The van der Waals surface area contributed by atoms with Crippen LogP contribution in [0.3, 0.4) is 0 Å². The molecule has 4 heteroatoms. The lowest BCUT2D eigenvalue weighted by atomic mass is 9.97. The number of nitrogens with two attached hydrogens (primary N) is 1. The van der Waals surface area contributed by atoms with E-state index in [2.05, 4.69) is 58.5 Å². The van der Waals surface area contributed by atoms with Crippen molar-refractivity contribution in [2.45, 2.75) is 38.1 Å². The largest absolute Gasteiger partial charge is 0.351 e. The van der Waals surface area contributed by atoms with Gasteiger partial charge in [0, 0.05) is 12.1 Å². The Bertz CT molecular complexity index is 679. The van der Waals surface area contributed by atoms with E-state index in [-0.39, 0.29) is 11.9 Å². The minimum atomic E-state index is 0.119. The van der Waals surface area contributed by atoms with Gasteiger partial charge in [-0.15, -0.1) is 11.3 Å². The fourth-order valence-corrected chi connectivity index (χ4v) is 4.19. The van der Waals surface area contributed by atoms with E-state index in [1.807, 2.05) is 6.07 Å². The molecule has 3 rings (SSSR count). The summed E-state index contributed by atoms with van der Waals surface area (Å²) in [6.07, 6.45) is 8.37. The second kappa shape index (κ2) is 9.54. The van der Waals surface area contributed by atoms with Gasteiger partial charge in [0.05, 0.1) is 4.88 Å². The van der Waals surface area contributed by atoms with E-state index in [4.69, 9.17) is 0 Å². The van der Waals surface area contributed by atoms with Gasteiger partial charge in [-0.1, -0.05) is 48.0 Å². The van der Waals surface area contributed by atoms with E-state index in [1.165, 1.54) is 41.7 Å².